The summed E-state index contributed by atoms with van der Waals surface area (Å²) in [6.07, 6.45) is 4.38. The summed E-state index contributed by atoms with van der Waals surface area (Å²) in [4.78, 5) is 15.0. The number of nitrogens with zero attached hydrogens (tertiary/aromatic N) is 4. The highest BCUT2D eigenvalue weighted by molar-refractivity contribution is 7.07. The maximum absolute atomic E-state index is 12.5. The van der Waals surface area contributed by atoms with Crippen molar-refractivity contribution >= 4 is 17.2 Å². The Bertz CT molecular complexity index is 765. The zero-order valence-corrected chi connectivity index (χ0v) is 16.6. The van der Waals surface area contributed by atoms with Crippen LogP contribution in [0.4, 0.5) is 0 Å². The molecule has 0 aliphatic carbocycles. The second-order valence-corrected chi connectivity index (χ2v) is 8.46. The number of fused-ring (bicyclic) bond motifs is 1. The number of ether oxygens (including phenoxy) is 1. The molecule has 2 aromatic rings. The van der Waals surface area contributed by atoms with Gasteiger partial charge in [-0.3, -0.25) is 9.69 Å². The highest BCUT2D eigenvalue weighted by Gasteiger charge is 2.39. The Morgan fingerprint density at radius 1 is 1.33 bits per heavy atom. The molecule has 7 nitrogen and oxygen atoms in total. The molecule has 1 spiro atoms. The Hall–Kier alpha value is -1.77. The molecule has 2 aliphatic heterocycles. The van der Waals surface area contributed by atoms with Gasteiger partial charge in [0.25, 0.3) is 5.91 Å². The van der Waals surface area contributed by atoms with E-state index >= 15 is 0 Å². The fourth-order valence-electron chi connectivity index (χ4n) is 4.23. The molecule has 2 aromatic heterocycles. The zero-order chi connectivity index (χ0) is 18.7. The summed E-state index contributed by atoms with van der Waals surface area (Å²) in [6, 6.07) is 2.22. The van der Waals surface area contributed by atoms with Gasteiger partial charge in [-0.05, 0) is 60.2 Å². The summed E-state index contributed by atoms with van der Waals surface area (Å²) in [5, 5.41) is 15.7. The van der Waals surface area contributed by atoms with Crippen LogP contribution in [0.15, 0.2) is 16.8 Å². The molecule has 0 saturated carbocycles. The monoisotopic (exact) mass is 389 g/mol. The quantitative estimate of drug-likeness (QED) is 0.765. The number of thiophene rings is 1. The summed E-state index contributed by atoms with van der Waals surface area (Å²) in [6.45, 7) is 5.11. The molecule has 1 fully saturated rings. The molecule has 1 saturated heterocycles. The maximum Gasteiger partial charge on any atom is 0.289 e. The van der Waals surface area contributed by atoms with E-state index in [1.807, 2.05) is 0 Å². The average molecular weight is 390 g/mol. The highest BCUT2D eigenvalue weighted by atomic mass is 32.1. The molecular formula is C19H27N5O2S. The highest BCUT2D eigenvalue weighted by Crippen LogP contribution is 2.41. The lowest BCUT2D eigenvalue weighted by Gasteiger charge is -2.44. The van der Waals surface area contributed by atoms with Gasteiger partial charge < -0.3 is 14.6 Å². The number of hydrogen-bond donors (Lipinski definition) is 1. The van der Waals surface area contributed by atoms with Crippen LogP contribution in [0.2, 0.25) is 0 Å². The molecule has 0 unspecified atom stereocenters. The van der Waals surface area contributed by atoms with Crippen molar-refractivity contribution in [3.63, 3.8) is 0 Å². The van der Waals surface area contributed by atoms with E-state index in [0.717, 1.165) is 44.8 Å². The van der Waals surface area contributed by atoms with Crippen LogP contribution in [0.5, 0.6) is 0 Å². The van der Waals surface area contributed by atoms with E-state index in [4.69, 9.17) is 4.74 Å². The van der Waals surface area contributed by atoms with Gasteiger partial charge in [0.1, 0.15) is 5.82 Å². The third-order valence-electron chi connectivity index (χ3n) is 5.90. The topological polar surface area (TPSA) is 72.3 Å². The SMILES string of the molecule is COCCNC(=O)c1nnc2n1CC1(CC2)CCN(Cc2ccsc2)CC1. The van der Waals surface area contributed by atoms with E-state index in [2.05, 4.69) is 41.8 Å². The number of rotatable bonds is 6. The van der Waals surface area contributed by atoms with Crippen molar-refractivity contribution in [2.75, 3.05) is 33.4 Å². The minimum atomic E-state index is -0.155. The van der Waals surface area contributed by atoms with Crippen molar-refractivity contribution < 1.29 is 9.53 Å². The lowest BCUT2D eigenvalue weighted by molar-refractivity contribution is 0.0618. The Balaban J connectivity index is 1.39. The second kappa shape index (κ2) is 8.08. The van der Waals surface area contributed by atoms with Gasteiger partial charge in [-0.15, -0.1) is 10.2 Å². The predicted octanol–water partition coefficient (Wildman–Crippen LogP) is 1.94. The van der Waals surface area contributed by atoms with Crippen LogP contribution in [-0.4, -0.2) is 58.9 Å². The minimum absolute atomic E-state index is 0.155. The molecule has 27 heavy (non-hydrogen) atoms. The molecule has 0 bridgehead atoms. The summed E-state index contributed by atoms with van der Waals surface area (Å²) in [5.41, 5.74) is 1.68. The largest absolute Gasteiger partial charge is 0.383 e. The minimum Gasteiger partial charge on any atom is -0.383 e. The third-order valence-corrected chi connectivity index (χ3v) is 6.63. The van der Waals surface area contributed by atoms with E-state index in [9.17, 15) is 4.79 Å². The van der Waals surface area contributed by atoms with Gasteiger partial charge in [0.05, 0.1) is 6.61 Å². The van der Waals surface area contributed by atoms with E-state index in [0.29, 0.717) is 19.0 Å². The number of hydrogen-bond acceptors (Lipinski definition) is 6. The number of aromatic nitrogens is 3. The van der Waals surface area contributed by atoms with Gasteiger partial charge in [0.2, 0.25) is 5.82 Å². The van der Waals surface area contributed by atoms with Gasteiger partial charge in [0, 0.05) is 33.2 Å². The first kappa shape index (κ1) is 18.6. The molecule has 1 amide bonds. The van der Waals surface area contributed by atoms with Crippen molar-refractivity contribution in [3.8, 4) is 0 Å². The number of likely N-dealkylation sites (tertiary alicyclic amines) is 1. The van der Waals surface area contributed by atoms with E-state index < -0.39 is 0 Å². The smallest absolute Gasteiger partial charge is 0.289 e. The Morgan fingerprint density at radius 2 is 2.19 bits per heavy atom. The fourth-order valence-corrected chi connectivity index (χ4v) is 4.89. The number of piperidine rings is 1. The average Bonchev–Trinajstić information content (AvgIpc) is 3.33. The van der Waals surface area contributed by atoms with Gasteiger partial charge in [-0.1, -0.05) is 0 Å². The van der Waals surface area contributed by atoms with E-state index in [-0.39, 0.29) is 11.3 Å². The molecule has 146 valence electrons. The predicted molar refractivity (Wildman–Crippen MR) is 104 cm³/mol. The van der Waals surface area contributed by atoms with Crippen molar-refractivity contribution in [2.24, 2.45) is 5.41 Å². The molecule has 2 aliphatic rings. The number of methoxy groups -OCH3 is 1. The maximum atomic E-state index is 12.5. The van der Waals surface area contributed by atoms with Crippen molar-refractivity contribution in [1.29, 1.82) is 0 Å². The van der Waals surface area contributed by atoms with Crippen molar-refractivity contribution in [2.45, 2.75) is 38.8 Å². The van der Waals surface area contributed by atoms with Crippen LogP contribution in [0, 0.1) is 5.41 Å². The normalized spacial score (nSPS) is 19.1. The molecule has 0 atom stereocenters. The third kappa shape index (κ3) is 4.07. The number of carbonyl (C=O) groups excluding carboxylic acids is 1. The van der Waals surface area contributed by atoms with Crippen LogP contribution >= 0.6 is 11.3 Å². The van der Waals surface area contributed by atoms with E-state index in [1.54, 1.807) is 18.4 Å². The molecule has 4 rings (SSSR count). The molecule has 0 radical (unpaired) electrons. The lowest BCUT2D eigenvalue weighted by Crippen LogP contribution is -2.44. The van der Waals surface area contributed by atoms with Crippen LogP contribution in [0.3, 0.4) is 0 Å². The first-order chi connectivity index (χ1) is 13.2. The molecule has 4 heterocycles. The summed E-state index contributed by atoms with van der Waals surface area (Å²) in [5.74, 6) is 1.23. The number of amides is 1. The van der Waals surface area contributed by atoms with Gasteiger partial charge >= 0.3 is 0 Å². The molecular weight excluding hydrogens is 362 g/mol. The number of carbonyl (C=O) groups is 1. The Morgan fingerprint density at radius 3 is 2.93 bits per heavy atom. The molecule has 0 aromatic carbocycles. The summed E-state index contributed by atoms with van der Waals surface area (Å²) < 4.78 is 7.05. The van der Waals surface area contributed by atoms with Gasteiger partial charge in [-0.2, -0.15) is 11.3 Å². The van der Waals surface area contributed by atoms with Gasteiger partial charge in [-0.25, -0.2) is 0 Å². The Labute approximate surface area is 163 Å². The van der Waals surface area contributed by atoms with Crippen LogP contribution in [0.25, 0.3) is 0 Å². The fraction of sp³-hybridized carbons (Fsp3) is 0.632. The van der Waals surface area contributed by atoms with Crippen LogP contribution < -0.4 is 5.32 Å². The van der Waals surface area contributed by atoms with Gasteiger partial charge in [0.15, 0.2) is 0 Å². The van der Waals surface area contributed by atoms with Crippen molar-refractivity contribution in [1.82, 2.24) is 25.0 Å². The van der Waals surface area contributed by atoms with Crippen molar-refractivity contribution in [3.05, 3.63) is 34.0 Å². The number of nitrogens with one attached hydrogen (secondary N) is 1. The first-order valence-electron chi connectivity index (χ1n) is 9.62. The van der Waals surface area contributed by atoms with E-state index in [1.165, 1.54) is 18.4 Å². The summed E-state index contributed by atoms with van der Waals surface area (Å²) in [7, 11) is 1.62. The zero-order valence-electron chi connectivity index (χ0n) is 15.8. The molecule has 1 N–H and O–H groups in total. The first-order valence-corrected chi connectivity index (χ1v) is 10.6. The summed E-state index contributed by atoms with van der Waals surface area (Å²) >= 11 is 1.76. The number of aryl methyl sites for hydroxylation is 1. The van der Waals surface area contributed by atoms with Crippen LogP contribution in [-0.2, 0) is 24.2 Å². The standard InChI is InChI=1S/C19H27N5O2S/c1-26-10-7-20-18(25)17-22-21-16-2-4-19(14-24(16)17)5-8-23(9-6-19)12-15-3-11-27-13-15/h3,11,13H,2,4-10,12,14H2,1H3,(H,20,25). The van der Waals surface area contributed by atoms with Crippen LogP contribution in [0.1, 0.15) is 41.3 Å². The Kier molecular flexibility index (Phi) is 5.56. The lowest BCUT2D eigenvalue weighted by atomic mass is 9.73. The second-order valence-electron chi connectivity index (χ2n) is 7.68. The molecule has 8 heteroatoms.